The molecule has 3 aliphatic heterocycles. The molecule has 3 aliphatic rings. The molecular weight excluding hydrogens is 382 g/mol. The van der Waals surface area contributed by atoms with Gasteiger partial charge in [-0.1, -0.05) is 0 Å². The molecule has 0 atom stereocenters. The summed E-state index contributed by atoms with van der Waals surface area (Å²) in [6.45, 7) is 1.89. The summed E-state index contributed by atoms with van der Waals surface area (Å²) in [6.07, 6.45) is 2.06. The molecule has 1 aromatic carbocycles. The predicted octanol–water partition coefficient (Wildman–Crippen LogP) is 2.88. The first-order valence-corrected chi connectivity index (χ1v) is 10.1. The molecule has 4 heterocycles. The Morgan fingerprint density at radius 3 is 2.68 bits per heavy atom. The third-order valence-corrected chi connectivity index (χ3v) is 7.01. The molecule has 1 spiro atoms. The topological polar surface area (TPSA) is 85.3 Å². The maximum Gasteiger partial charge on any atom is 0.345 e. The lowest BCUT2D eigenvalue weighted by atomic mass is 9.85. The lowest BCUT2D eigenvalue weighted by Crippen LogP contribution is -2.47. The van der Waals surface area contributed by atoms with Crippen molar-refractivity contribution in [1.82, 2.24) is 4.90 Å². The number of hydrogen-bond acceptors (Lipinski definition) is 6. The Bertz CT molecular complexity index is 960. The van der Waals surface area contributed by atoms with Crippen LogP contribution in [0.4, 0.5) is 0 Å². The first kappa shape index (κ1) is 17.5. The van der Waals surface area contributed by atoms with Crippen molar-refractivity contribution in [3.63, 3.8) is 0 Å². The summed E-state index contributed by atoms with van der Waals surface area (Å²) in [5, 5.41) is 9.33. The van der Waals surface area contributed by atoms with E-state index in [1.165, 1.54) is 11.3 Å². The van der Waals surface area contributed by atoms with Crippen molar-refractivity contribution in [2.75, 3.05) is 26.5 Å². The minimum Gasteiger partial charge on any atom is -0.477 e. The van der Waals surface area contributed by atoms with Crippen LogP contribution < -0.4 is 9.47 Å². The molecule has 1 saturated heterocycles. The largest absolute Gasteiger partial charge is 0.477 e. The Balaban J connectivity index is 1.34. The quantitative estimate of drug-likeness (QED) is 0.833. The average molecular weight is 401 g/mol. The van der Waals surface area contributed by atoms with Crippen LogP contribution in [-0.2, 0) is 16.8 Å². The van der Waals surface area contributed by atoms with Crippen molar-refractivity contribution in [3.05, 3.63) is 45.1 Å². The van der Waals surface area contributed by atoms with E-state index in [9.17, 15) is 14.7 Å². The number of carboxylic acid groups (broad SMARTS) is 1. The van der Waals surface area contributed by atoms with E-state index in [0.29, 0.717) is 54.5 Å². The predicted molar refractivity (Wildman–Crippen MR) is 100 cm³/mol. The van der Waals surface area contributed by atoms with Gasteiger partial charge >= 0.3 is 5.97 Å². The summed E-state index contributed by atoms with van der Waals surface area (Å²) in [5.41, 5.74) is 1.18. The third kappa shape index (κ3) is 2.75. The number of likely N-dealkylation sites (tertiary alicyclic amines) is 1. The zero-order valence-corrected chi connectivity index (χ0v) is 15.9. The normalized spacial score (nSPS) is 19.5. The van der Waals surface area contributed by atoms with Crippen LogP contribution in [-0.4, -0.2) is 48.4 Å². The molecule has 1 fully saturated rings. The summed E-state index contributed by atoms with van der Waals surface area (Å²) in [7, 11) is 0. The number of rotatable bonds is 2. The van der Waals surface area contributed by atoms with Crippen molar-refractivity contribution >= 4 is 23.2 Å². The van der Waals surface area contributed by atoms with E-state index in [1.807, 2.05) is 4.90 Å². The van der Waals surface area contributed by atoms with E-state index in [1.54, 1.807) is 24.3 Å². The highest BCUT2D eigenvalue weighted by Crippen LogP contribution is 2.45. The van der Waals surface area contributed by atoms with Gasteiger partial charge in [-0.3, -0.25) is 4.79 Å². The van der Waals surface area contributed by atoms with E-state index in [0.717, 1.165) is 16.9 Å². The summed E-state index contributed by atoms with van der Waals surface area (Å²) in [6, 6.07) is 7.02. The number of thiophene rings is 1. The maximum absolute atomic E-state index is 12.9. The van der Waals surface area contributed by atoms with Crippen LogP contribution in [0.2, 0.25) is 0 Å². The first-order chi connectivity index (χ1) is 13.6. The SMILES string of the molecule is O=C(O)c1cc2c(s1)C1(CCN(C(=O)c3ccc4c(c3)OCO4)CC1)OCC2. The van der Waals surface area contributed by atoms with Crippen LogP contribution in [0.25, 0.3) is 0 Å². The molecule has 5 rings (SSSR count). The van der Waals surface area contributed by atoms with Gasteiger partial charge in [-0.05, 0) is 49.1 Å². The van der Waals surface area contributed by atoms with Crippen molar-refractivity contribution in [1.29, 1.82) is 0 Å². The second kappa shape index (κ2) is 6.49. The summed E-state index contributed by atoms with van der Waals surface area (Å²) in [4.78, 5) is 27.5. The van der Waals surface area contributed by atoms with Crippen LogP contribution in [0.15, 0.2) is 24.3 Å². The minimum absolute atomic E-state index is 0.0402. The molecule has 7 nitrogen and oxygen atoms in total. The van der Waals surface area contributed by atoms with Crippen LogP contribution in [0.1, 0.15) is 43.3 Å². The minimum atomic E-state index is -0.898. The second-order valence-corrected chi connectivity index (χ2v) is 8.28. The molecule has 146 valence electrons. The molecule has 28 heavy (non-hydrogen) atoms. The second-order valence-electron chi connectivity index (χ2n) is 7.22. The van der Waals surface area contributed by atoms with Gasteiger partial charge in [-0.2, -0.15) is 0 Å². The van der Waals surface area contributed by atoms with E-state index in [-0.39, 0.29) is 12.7 Å². The fourth-order valence-electron chi connectivity index (χ4n) is 4.18. The molecule has 1 N–H and O–H groups in total. The van der Waals surface area contributed by atoms with Gasteiger partial charge in [0.25, 0.3) is 5.91 Å². The monoisotopic (exact) mass is 401 g/mol. The number of aromatic carboxylic acids is 1. The van der Waals surface area contributed by atoms with Gasteiger partial charge in [-0.25, -0.2) is 4.79 Å². The summed E-state index contributed by atoms with van der Waals surface area (Å²) >= 11 is 1.31. The number of carbonyl (C=O) groups excluding carboxylic acids is 1. The molecule has 0 bridgehead atoms. The smallest absolute Gasteiger partial charge is 0.345 e. The van der Waals surface area contributed by atoms with Gasteiger partial charge in [0.15, 0.2) is 11.5 Å². The number of piperidine rings is 1. The Kier molecular flexibility index (Phi) is 4.06. The first-order valence-electron chi connectivity index (χ1n) is 9.25. The number of hydrogen-bond donors (Lipinski definition) is 1. The fraction of sp³-hybridized carbons (Fsp3) is 0.400. The number of nitrogens with zero attached hydrogens (tertiary/aromatic N) is 1. The number of fused-ring (bicyclic) bond motifs is 3. The number of ether oxygens (including phenoxy) is 3. The standard InChI is InChI=1S/C20H19NO6S/c22-18(13-1-2-14-15(9-13)26-11-25-14)21-6-4-20(5-7-21)17-12(3-8-27-20)10-16(28-17)19(23)24/h1-2,9-10H,3-8,11H2,(H,23,24). The summed E-state index contributed by atoms with van der Waals surface area (Å²) in [5.74, 6) is 0.315. The van der Waals surface area contributed by atoms with Crippen LogP contribution in [0, 0.1) is 0 Å². The molecule has 8 heteroatoms. The number of carbonyl (C=O) groups is 2. The lowest BCUT2D eigenvalue weighted by Gasteiger charge is -2.43. The van der Waals surface area contributed by atoms with Crippen molar-refractivity contribution in [3.8, 4) is 11.5 Å². The summed E-state index contributed by atoms with van der Waals surface area (Å²) < 4.78 is 16.8. The lowest BCUT2D eigenvalue weighted by molar-refractivity contribution is -0.0906. The average Bonchev–Trinajstić information content (AvgIpc) is 3.35. The van der Waals surface area contributed by atoms with Gasteiger partial charge in [0.2, 0.25) is 6.79 Å². The number of benzene rings is 1. The Labute approximate surface area is 165 Å². The molecular formula is C20H19NO6S. The van der Waals surface area contributed by atoms with Crippen LogP contribution in [0.3, 0.4) is 0 Å². The van der Waals surface area contributed by atoms with Gasteiger partial charge in [0.1, 0.15) is 10.5 Å². The Hall–Kier alpha value is -2.58. The van der Waals surface area contributed by atoms with Gasteiger partial charge in [0, 0.05) is 23.5 Å². The van der Waals surface area contributed by atoms with E-state index in [4.69, 9.17) is 14.2 Å². The number of amides is 1. The van der Waals surface area contributed by atoms with E-state index >= 15 is 0 Å². The highest BCUT2D eigenvalue weighted by atomic mass is 32.1. The van der Waals surface area contributed by atoms with Crippen molar-refractivity contribution < 1.29 is 28.9 Å². The molecule has 1 amide bonds. The highest BCUT2D eigenvalue weighted by molar-refractivity contribution is 7.14. The maximum atomic E-state index is 12.9. The zero-order valence-electron chi connectivity index (χ0n) is 15.1. The van der Waals surface area contributed by atoms with Gasteiger partial charge in [0.05, 0.1) is 6.61 Å². The Morgan fingerprint density at radius 2 is 1.89 bits per heavy atom. The molecule has 1 aromatic heterocycles. The van der Waals surface area contributed by atoms with E-state index < -0.39 is 11.6 Å². The molecule has 0 aliphatic carbocycles. The third-order valence-electron chi connectivity index (χ3n) is 5.66. The van der Waals surface area contributed by atoms with Crippen molar-refractivity contribution in [2.45, 2.75) is 24.9 Å². The fourth-order valence-corrected chi connectivity index (χ4v) is 5.43. The van der Waals surface area contributed by atoms with Crippen molar-refractivity contribution in [2.24, 2.45) is 0 Å². The Morgan fingerprint density at radius 1 is 1.11 bits per heavy atom. The van der Waals surface area contributed by atoms with E-state index in [2.05, 4.69) is 0 Å². The van der Waals surface area contributed by atoms with Crippen LogP contribution in [0.5, 0.6) is 11.5 Å². The highest BCUT2D eigenvalue weighted by Gasteiger charge is 2.43. The molecule has 0 unspecified atom stereocenters. The zero-order chi connectivity index (χ0) is 19.3. The molecule has 0 saturated carbocycles. The van der Waals surface area contributed by atoms with Gasteiger partial charge < -0.3 is 24.2 Å². The molecule has 2 aromatic rings. The van der Waals surface area contributed by atoms with Crippen LogP contribution >= 0.6 is 11.3 Å². The number of carboxylic acids is 1. The molecule has 0 radical (unpaired) electrons. The van der Waals surface area contributed by atoms with Gasteiger partial charge in [-0.15, -0.1) is 11.3 Å².